The van der Waals surface area contributed by atoms with Gasteiger partial charge in [-0.05, 0) is 38.5 Å². The number of rotatable bonds is 2. The Labute approximate surface area is 103 Å². The molecule has 3 fully saturated rings. The molecule has 1 N–H and O–H groups in total. The van der Waals surface area contributed by atoms with Crippen LogP contribution in [0.15, 0.2) is 0 Å². The van der Waals surface area contributed by atoms with Crippen LogP contribution in [0.4, 0.5) is 0 Å². The molecule has 1 aliphatic carbocycles. The summed E-state index contributed by atoms with van der Waals surface area (Å²) in [6, 6.07) is 0.159. The van der Waals surface area contributed by atoms with Crippen LogP contribution in [0.25, 0.3) is 0 Å². The molecule has 2 saturated heterocycles. The van der Waals surface area contributed by atoms with Gasteiger partial charge in [0.15, 0.2) is 0 Å². The first-order chi connectivity index (χ1) is 8.18. The van der Waals surface area contributed by atoms with Crippen molar-refractivity contribution < 1.29 is 9.53 Å². The summed E-state index contributed by atoms with van der Waals surface area (Å²) >= 11 is 0. The molecule has 1 saturated carbocycles. The van der Waals surface area contributed by atoms with Gasteiger partial charge in [0.2, 0.25) is 5.91 Å². The zero-order valence-electron chi connectivity index (χ0n) is 10.6. The second-order valence-corrected chi connectivity index (χ2v) is 5.89. The first kappa shape index (κ1) is 11.5. The second kappa shape index (κ2) is 4.25. The molecule has 3 aliphatic rings. The van der Waals surface area contributed by atoms with E-state index in [4.69, 9.17) is 4.74 Å². The quantitative estimate of drug-likeness (QED) is 0.772. The third-order valence-electron chi connectivity index (χ3n) is 4.57. The van der Waals surface area contributed by atoms with E-state index >= 15 is 0 Å². The van der Waals surface area contributed by atoms with Crippen molar-refractivity contribution in [1.82, 2.24) is 10.2 Å². The molecule has 1 atom stereocenters. The topological polar surface area (TPSA) is 41.6 Å². The van der Waals surface area contributed by atoms with E-state index in [-0.39, 0.29) is 24.2 Å². The first-order valence-corrected chi connectivity index (χ1v) is 6.84. The average Bonchev–Trinajstić information content (AvgIpc) is 3.11. The van der Waals surface area contributed by atoms with Crippen LogP contribution in [-0.2, 0) is 9.53 Å². The van der Waals surface area contributed by atoms with E-state index in [9.17, 15) is 4.79 Å². The summed E-state index contributed by atoms with van der Waals surface area (Å²) in [4.78, 5) is 13.8. The number of hydrogen-bond donors (Lipinski definition) is 1. The van der Waals surface area contributed by atoms with Gasteiger partial charge in [0.1, 0.15) is 6.61 Å². The van der Waals surface area contributed by atoms with Crippen LogP contribution >= 0.6 is 0 Å². The molecule has 0 aromatic heterocycles. The molecule has 0 radical (unpaired) electrons. The Kier molecular flexibility index (Phi) is 2.87. The number of carbonyl (C=O) groups excluding carboxylic acids is 1. The number of likely N-dealkylation sites (tertiary alicyclic amines) is 1. The maximum absolute atomic E-state index is 11.3. The maximum atomic E-state index is 11.3. The molecule has 2 aliphatic heterocycles. The second-order valence-electron chi connectivity index (χ2n) is 5.89. The highest BCUT2D eigenvalue weighted by atomic mass is 16.5. The molecule has 3 rings (SSSR count). The van der Waals surface area contributed by atoms with Gasteiger partial charge in [-0.3, -0.25) is 4.79 Å². The fourth-order valence-corrected chi connectivity index (χ4v) is 3.11. The summed E-state index contributed by atoms with van der Waals surface area (Å²) in [6.45, 7) is 5.84. The molecule has 0 aromatic rings. The fourth-order valence-electron chi connectivity index (χ4n) is 3.11. The summed E-state index contributed by atoms with van der Waals surface area (Å²) in [6.07, 6.45) is 4.96. The number of morpholine rings is 1. The lowest BCUT2D eigenvalue weighted by Crippen LogP contribution is -2.62. The number of piperidine rings is 1. The van der Waals surface area contributed by atoms with Gasteiger partial charge in [-0.25, -0.2) is 0 Å². The van der Waals surface area contributed by atoms with Gasteiger partial charge in [-0.2, -0.15) is 0 Å². The molecule has 2 heterocycles. The number of ether oxygens (including phenoxy) is 1. The Morgan fingerprint density at radius 1 is 1.41 bits per heavy atom. The predicted molar refractivity (Wildman–Crippen MR) is 64.7 cm³/mol. The SMILES string of the molecule is CC1NC(=O)COC12CCN(CC1CC1)CC2. The minimum absolute atomic E-state index is 0.0311. The molecule has 0 aromatic carbocycles. The molecule has 1 unspecified atom stereocenters. The third-order valence-corrected chi connectivity index (χ3v) is 4.57. The molecular weight excluding hydrogens is 216 g/mol. The molecule has 96 valence electrons. The Morgan fingerprint density at radius 2 is 2.12 bits per heavy atom. The number of carbonyl (C=O) groups is 1. The van der Waals surface area contributed by atoms with E-state index in [0.29, 0.717) is 0 Å². The number of nitrogens with one attached hydrogen (secondary N) is 1. The zero-order chi connectivity index (χ0) is 11.9. The van der Waals surface area contributed by atoms with E-state index in [1.54, 1.807) is 0 Å². The van der Waals surface area contributed by atoms with Gasteiger partial charge in [-0.15, -0.1) is 0 Å². The summed E-state index contributed by atoms with van der Waals surface area (Å²) < 4.78 is 5.86. The smallest absolute Gasteiger partial charge is 0.246 e. The number of nitrogens with zero attached hydrogens (tertiary/aromatic N) is 1. The van der Waals surface area contributed by atoms with E-state index in [1.165, 1.54) is 19.4 Å². The Balaban J connectivity index is 1.56. The van der Waals surface area contributed by atoms with Crippen molar-refractivity contribution in [3.8, 4) is 0 Å². The molecule has 4 nitrogen and oxygen atoms in total. The molecule has 0 bridgehead atoms. The lowest BCUT2D eigenvalue weighted by atomic mass is 9.83. The summed E-state index contributed by atoms with van der Waals surface area (Å²) in [7, 11) is 0. The van der Waals surface area contributed by atoms with Crippen molar-refractivity contribution in [2.75, 3.05) is 26.2 Å². The van der Waals surface area contributed by atoms with Crippen LogP contribution in [-0.4, -0.2) is 48.7 Å². The molecule has 17 heavy (non-hydrogen) atoms. The first-order valence-electron chi connectivity index (χ1n) is 6.84. The molecular formula is C13H22N2O2. The highest BCUT2D eigenvalue weighted by Gasteiger charge is 2.44. The number of hydrogen-bond acceptors (Lipinski definition) is 3. The van der Waals surface area contributed by atoms with Gasteiger partial charge >= 0.3 is 0 Å². The molecule has 1 spiro atoms. The van der Waals surface area contributed by atoms with E-state index in [2.05, 4.69) is 17.1 Å². The summed E-state index contributed by atoms with van der Waals surface area (Å²) in [5, 5.41) is 3.03. The summed E-state index contributed by atoms with van der Waals surface area (Å²) in [5.41, 5.74) is -0.0893. The van der Waals surface area contributed by atoms with Gasteiger partial charge in [0, 0.05) is 19.6 Å². The van der Waals surface area contributed by atoms with Crippen LogP contribution < -0.4 is 5.32 Å². The van der Waals surface area contributed by atoms with Crippen LogP contribution in [0.3, 0.4) is 0 Å². The highest BCUT2D eigenvalue weighted by molar-refractivity contribution is 5.78. The Morgan fingerprint density at radius 3 is 2.71 bits per heavy atom. The van der Waals surface area contributed by atoms with Crippen molar-refractivity contribution in [3.05, 3.63) is 0 Å². The van der Waals surface area contributed by atoms with Crippen LogP contribution in [0.2, 0.25) is 0 Å². The minimum Gasteiger partial charge on any atom is -0.363 e. The lowest BCUT2D eigenvalue weighted by Gasteiger charge is -2.47. The zero-order valence-corrected chi connectivity index (χ0v) is 10.6. The van der Waals surface area contributed by atoms with Crippen molar-refractivity contribution >= 4 is 5.91 Å². The minimum atomic E-state index is -0.0893. The van der Waals surface area contributed by atoms with Crippen LogP contribution in [0, 0.1) is 5.92 Å². The maximum Gasteiger partial charge on any atom is 0.246 e. The lowest BCUT2D eigenvalue weighted by molar-refractivity contribution is -0.159. The third kappa shape index (κ3) is 2.33. The van der Waals surface area contributed by atoms with E-state index in [1.807, 2.05) is 0 Å². The van der Waals surface area contributed by atoms with Crippen molar-refractivity contribution in [3.63, 3.8) is 0 Å². The van der Waals surface area contributed by atoms with Gasteiger partial charge in [-0.1, -0.05) is 0 Å². The van der Waals surface area contributed by atoms with E-state index < -0.39 is 0 Å². The molecule has 4 heteroatoms. The number of amides is 1. The van der Waals surface area contributed by atoms with Gasteiger partial charge < -0.3 is 15.0 Å². The monoisotopic (exact) mass is 238 g/mol. The van der Waals surface area contributed by atoms with Crippen molar-refractivity contribution in [1.29, 1.82) is 0 Å². The van der Waals surface area contributed by atoms with Crippen LogP contribution in [0.5, 0.6) is 0 Å². The summed E-state index contributed by atoms with van der Waals surface area (Å²) in [5.74, 6) is 0.997. The largest absolute Gasteiger partial charge is 0.363 e. The van der Waals surface area contributed by atoms with Crippen LogP contribution in [0.1, 0.15) is 32.6 Å². The Hall–Kier alpha value is -0.610. The molecule has 1 amide bonds. The van der Waals surface area contributed by atoms with Crippen molar-refractivity contribution in [2.24, 2.45) is 5.92 Å². The Bertz CT molecular complexity index is 307. The standard InChI is InChI=1S/C13H22N2O2/c1-10-13(17-9-12(16)14-10)4-6-15(7-5-13)8-11-2-3-11/h10-11H,2-9H2,1H3,(H,14,16). The highest BCUT2D eigenvalue weighted by Crippen LogP contribution is 2.35. The average molecular weight is 238 g/mol. The van der Waals surface area contributed by atoms with Gasteiger partial charge in [0.05, 0.1) is 11.6 Å². The predicted octanol–water partition coefficient (Wildman–Crippen LogP) is 0.766. The van der Waals surface area contributed by atoms with E-state index in [0.717, 1.165) is 31.8 Å². The van der Waals surface area contributed by atoms with Crippen molar-refractivity contribution in [2.45, 2.75) is 44.2 Å². The van der Waals surface area contributed by atoms with Gasteiger partial charge in [0.25, 0.3) is 0 Å². The fraction of sp³-hybridized carbons (Fsp3) is 0.923. The normalized spacial score (nSPS) is 33.7.